The maximum absolute atomic E-state index is 12.3. The molecule has 0 heterocycles. The van der Waals surface area contributed by atoms with Crippen molar-refractivity contribution in [3.63, 3.8) is 0 Å². The first kappa shape index (κ1) is 15.5. The molecule has 0 aromatic heterocycles. The van der Waals surface area contributed by atoms with Gasteiger partial charge in [0.25, 0.3) is 5.91 Å². The largest absolute Gasteiger partial charge is 0.496 e. The summed E-state index contributed by atoms with van der Waals surface area (Å²) in [5.41, 5.74) is 2.42. The van der Waals surface area contributed by atoms with Crippen LogP contribution in [0.5, 0.6) is 5.75 Å². The topological polar surface area (TPSA) is 50.4 Å². The van der Waals surface area contributed by atoms with E-state index in [-0.39, 0.29) is 5.91 Å². The Balaban J connectivity index is 2.20. The molecule has 0 radical (unpaired) electrons. The molecule has 110 valence electrons. The van der Waals surface area contributed by atoms with Crippen LogP contribution in [0.3, 0.4) is 0 Å². The van der Waals surface area contributed by atoms with Crippen molar-refractivity contribution in [2.24, 2.45) is 0 Å². The van der Waals surface area contributed by atoms with Gasteiger partial charge in [-0.25, -0.2) is 0 Å². The van der Waals surface area contributed by atoms with E-state index >= 15 is 0 Å². The summed E-state index contributed by atoms with van der Waals surface area (Å²) < 4.78 is 5.91. The minimum atomic E-state index is -0.151. The predicted molar refractivity (Wildman–Crippen MR) is 87.9 cm³/mol. The molecule has 5 heteroatoms. The van der Waals surface area contributed by atoms with Gasteiger partial charge >= 0.3 is 0 Å². The molecule has 4 nitrogen and oxygen atoms in total. The third kappa shape index (κ3) is 3.83. The average molecular weight is 349 g/mol. The Hall–Kier alpha value is -1.85. The van der Waals surface area contributed by atoms with Gasteiger partial charge in [-0.3, -0.25) is 4.79 Å². The standard InChI is InChI=1S/C16H17BrN2O2/c1-18-10-12-5-3-4-6-14(12)19-16(20)11-7-8-15(21-2)13(17)9-11/h3-9,18H,10H2,1-2H3,(H,19,20). The Morgan fingerprint density at radius 3 is 2.67 bits per heavy atom. The Kier molecular flexibility index (Phi) is 5.36. The summed E-state index contributed by atoms with van der Waals surface area (Å²) in [6, 6.07) is 13.0. The van der Waals surface area contributed by atoms with Crippen LogP contribution in [0.4, 0.5) is 5.69 Å². The quantitative estimate of drug-likeness (QED) is 0.870. The SMILES string of the molecule is CNCc1ccccc1NC(=O)c1ccc(OC)c(Br)c1. The van der Waals surface area contributed by atoms with Crippen molar-refractivity contribution >= 4 is 27.5 Å². The molecule has 2 aromatic rings. The zero-order chi connectivity index (χ0) is 15.2. The number of halogens is 1. The summed E-state index contributed by atoms with van der Waals surface area (Å²) in [5.74, 6) is 0.545. The van der Waals surface area contributed by atoms with E-state index in [0.717, 1.165) is 15.7 Å². The minimum Gasteiger partial charge on any atom is -0.496 e. The molecule has 0 aliphatic heterocycles. The molecule has 0 unspecified atom stereocenters. The fourth-order valence-corrected chi connectivity index (χ4v) is 2.53. The third-order valence-corrected chi connectivity index (χ3v) is 3.67. The highest BCUT2D eigenvalue weighted by Gasteiger charge is 2.10. The van der Waals surface area contributed by atoms with E-state index in [2.05, 4.69) is 26.6 Å². The van der Waals surface area contributed by atoms with Gasteiger partial charge in [-0.2, -0.15) is 0 Å². The average Bonchev–Trinajstić information content (AvgIpc) is 2.49. The van der Waals surface area contributed by atoms with Crippen LogP contribution in [0.25, 0.3) is 0 Å². The fourth-order valence-electron chi connectivity index (χ4n) is 1.99. The summed E-state index contributed by atoms with van der Waals surface area (Å²) in [4.78, 5) is 12.3. The van der Waals surface area contributed by atoms with Crippen molar-refractivity contribution in [2.45, 2.75) is 6.54 Å². The van der Waals surface area contributed by atoms with Crippen molar-refractivity contribution in [2.75, 3.05) is 19.5 Å². The minimum absolute atomic E-state index is 0.151. The van der Waals surface area contributed by atoms with Crippen molar-refractivity contribution in [1.29, 1.82) is 0 Å². The number of rotatable bonds is 5. The van der Waals surface area contributed by atoms with Crippen LogP contribution in [0, 0.1) is 0 Å². The highest BCUT2D eigenvalue weighted by atomic mass is 79.9. The molecule has 0 saturated carbocycles. The maximum Gasteiger partial charge on any atom is 0.255 e. The van der Waals surface area contributed by atoms with Gasteiger partial charge in [0.1, 0.15) is 5.75 Å². The number of nitrogens with one attached hydrogen (secondary N) is 2. The van der Waals surface area contributed by atoms with Gasteiger partial charge in [0, 0.05) is 17.8 Å². The predicted octanol–water partition coefficient (Wildman–Crippen LogP) is 3.43. The number of benzene rings is 2. The van der Waals surface area contributed by atoms with Gasteiger partial charge in [-0.15, -0.1) is 0 Å². The molecule has 0 fully saturated rings. The first-order valence-corrected chi connectivity index (χ1v) is 7.32. The zero-order valence-corrected chi connectivity index (χ0v) is 13.5. The summed E-state index contributed by atoms with van der Waals surface area (Å²) in [6.07, 6.45) is 0. The first-order valence-electron chi connectivity index (χ1n) is 6.53. The van der Waals surface area contributed by atoms with Gasteiger partial charge in [0.05, 0.1) is 11.6 Å². The van der Waals surface area contributed by atoms with E-state index in [1.807, 2.05) is 31.3 Å². The lowest BCUT2D eigenvalue weighted by Crippen LogP contribution is -2.15. The van der Waals surface area contributed by atoms with Gasteiger partial charge in [0.15, 0.2) is 0 Å². The Labute approximate surface area is 132 Å². The second-order valence-corrected chi connectivity index (χ2v) is 5.35. The van der Waals surface area contributed by atoms with Crippen molar-refractivity contribution in [3.05, 3.63) is 58.1 Å². The van der Waals surface area contributed by atoms with Gasteiger partial charge in [-0.05, 0) is 52.8 Å². The second-order valence-electron chi connectivity index (χ2n) is 4.49. The summed E-state index contributed by atoms with van der Waals surface area (Å²) in [5, 5.41) is 6.02. The van der Waals surface area contributed by atoms with Crippen molar-refractivity contribution < 1.29 is 9.53 Å². The summed E-state index contributed by atoms with van der Waals surface area (Å²) in [7, 11) is 3.47. The number of hydrogen-bond acceptors (Lipinski definition) is 3. The van der Waals surface area contributed by atoms with Crippen molar-refractivity contribution in [3.8, 4) is 5.75 Å². The van der Waals surface area contributed by atoms with Gasteiger partial charge < -0.3 is 15.4 Å². The lowest BCUT2D eigenvalue weighted by atomic mass is 10.1. The molecule has 21 heavy (non-hydrogen) atoms. The molecule has 0 aliphatic carbocycles. The fraction of sp³-hybridized carbons (Fsp3) is 0.188. The van der Waals surface area contributed by atoms with E-state index < -0.39 is 0 Å². The van der Waals surface area contributed by atoms with Crippen LogP contribution >= 0.6 is 15.9 Å². The Morgan fingerprint density at radius 2 is 2.00 bits per heavy atom. The van der Waals surface area contributed by atoms with E-state index in [1.54, 1.807) is 25.3 Å². The number of hydrogen-bond donors (Lipinski definition) is 2. The molecule has 2 aromatic carbocycles. The molecule has 0 aliphatic rings. The monoisotopic (exact) mass is 348 g/mol. The van der Waals surface area contributed by atoms with Crippen molar-refractivity contribution in [1.82, 2.24) is 5.32 Å². The van der Waals surface area contributed by atoms with Crippen LogP contribution in [0.1, 0.15) is 15.9 Å². The third-order valence-electron chi connectivity index (χ3n) is 3.05. The lowest BCUT2D eigenvalue weighted by Gasteiger charge is -2.11. The summed E-state index contributed by atoms with van der Waals surface area (Å²) >= 11 is 3.39. The molecule has 1 amide bonds. The molecule has 2 N–H and O–H groups in total. The number of anilines is 1. The number of para-hydroxylation sites is 1. The lowest BCUT2D eigenvalue weighted by molar-refractivity contribution is 0.102. The first-order chi connectivity index (χ1) is 10.2. The normalized spacial score (nSPS) is 10.2. The molecule has 0 atom stereocenters. The molecular weight excluding hydrogens is 332 g/mol. The Morgan fingerprint density at radius 1 is 1.24 bits per heavy atom. The van der Waals surface area contributed by atoms with E-state index in [0.29, 0.717) is 17.9 Å². The zero-order valence-electron chi connectivity index (χ0n) is 11.9. The molecule has 0 spiro atoms. The second kappa shape index (κ2) is 7.24. The number of amides is 1. The Bertz CT molecular complexity index is 644. The van der Waals surface area contributed by atoms with Gasteiger partial charge in [0.2, 0.25) is 0 Å². The van der Waals surface area contributed by atoms with E-state index in [4.69, 9.17) is 4.74 Å². The molecular formula is C16H17BrN2O2. The highest BCUT2D eigenvalue weighted by Crippen LogP contribution is 2.26. The number of ether oxygens (including phenoxy) is 1. The van der Waals surface area contributed by atoms with E-state index in [1.165, 1.54) is 0 Å². The van der Waals surface area contributed by atoms with Crippen LogP contribution in [0.2, 0.25) is 0 Å². The van der Waals surface area contributed by atoms with Gasteiger partial charge in [-0.1, -0.05) is 18.2 Å². The van der Waals surface area contributed by atoms with Crippen LogP contribution < -0.4 is 15.4 Å². The maximum atomic E-state index is 12.3. The number of methoxy groups -OCH3 is 1. The van der Waals surface area contributed by atoms with E-state index in [9.17, 15) is 4.79 Å². The van der Waals surface area contributed by atoms with Crippen LogP contribution in [-0.4, -0.2) is 20.1 Å². The highest BCUT2D eigenvalue weighted by molar-refractivity contribution is 9.10. The smallest absolute Gasteiger partial charge is 0.255 e. The number of carbonyl (C=O) groups is 1. The molecule has 0 saturated heterocycles. The van der Waals surface area contributed by atoms with Crippen LogP contribution in [0.15, 0.2) is 46.9 Å². The number of carbonyl (C=O) groups excluding carboxylic acids is 1. The molecule has 0 bridgehead atoms. The molecule has 2 rings (SSSR count). The summed E-state index contributed by atoms with van der Waals surface area (Å²) in [6.45, 7) is 0.697. The van der Waals surface area contributed by atoms with Crippen LogP contribution in [-0.2, 0) is 6.54 Å².